The van der Waals surface area contributed by atoms with Gasteiger partial charge < -0.3 is 24.3 Å². The fourth-order valence-electron chi connectivity index (χ4n) is 1.05. The van der Waals surface area contributed by atoms with Gasteiger partial charge in [0, 0.05) is 6.54 Å². The molecule has 0 atom stereocenters. The van der Waals surface area contributed by atoms with E-state index in [2.05, 4.69) is 17.2 Å². The van der Waals surface area contributed by atoms with Crippen molar-refractivity contribution >= 4 is 6.41 Å². The summed E-state index contributed by atoms with van der Waals surface area (Å²) in [6, 6.07) is 0. The first kappa shape index (κ1) is 17.9. The number of hydrogen-bond donors (Lipinski definition) is 1. The monoisotopic (exact) mass is 273 g/mol. The van der Waals surface area contributed by atoms with Gasteiger partial charge in [-0.25, -0.2) is 0 Å². The van der Waals surface area contributed by atoms with Crippen molar-refractivity contribution < 1.29 is 23.7 Å². The fourth-order valence-corrected chi connectivity index (χ4v) is 1.05. The lowest BCUT2D eigenvalue weighted by Crippen LogP contribution is -2.19. The standard InChI is InChI=1S/C13H23NO5/c1-2-3-5-16-7-9-18-11-12-19-10-8-17-6-4-14-13-15/h13H,4-12H2,1H3,(H,14,15). The lowest BCUT2D eigenvalue weighted by Gasteiger charge is -2.06. The maximum atomic E-state index is 9.92. The Labute approximate surface area is 114 Å². The van der Waals surface area contributed by atoms with Crippen LogP contribution in [0.5, 0.6) is 0 Å². The number of carbonyl (C=O) groups excluding carboxylic acids is 1. The maximum Gasteiger partial charge on any atom is 0.207 e. The highest BCUT2D eigenvalue weighted by atomic mass is 16.6. The molecule has 6 nitrogen and oxygen atoms in total. The average molecular weight is 273 g/mol. The number of rotatable bonds is 14. The zero-order chi connectivity index (χ0) is 14.0. The molecular formula is C13H23NO5. The van der Waals surface area contributed by atoms with Gasteiger partial charge in [0.1, 0.15) is 6.61 Å². The number of nitrogens with one attached hydrogen (secondary N) is 1. The molecule has 0 aromatic rings. The van der Waals surface area contributed by atoms with Gasteiger partial charge in [-0.05, 0) is 6.92 Å². The van der Waals surface area contributed by atoms with Crippen LogP contribution in [0.3, 0.4) is 0 Å². The van der Waals surface area contributed by atoms with E-state index in [1.165, 1.54) is 0 Å². The molecule has 0 heterocycles. The molecule has 1 amide bonds. The quantitative estimate of drug-likeness (QED) is 0.270. The van der Waals surface area contributed by atoms with Crippen LogP contribution in [0.4, 0.5) is 0 Å². The van der Waals surface area contributed by atoms with Gasteiger partial charge in [0.15, 0.2) is 0 Å². The first-order valence-electron chi connectivity index (χ1n) is 6.29. The second kappa shape index (κ2) is 16.9. The van der Waals surface area contributed by atoms with Gasteiger partial charge in [0.05, 0.1) is 46.2 Å². The molecule has 0 aromatic carbocycles. The molecule has 0 aromatic heterocycles. The van der Waals surface area contributed by atoms with Crippen LogP contribution in [0, 0.1) is 11.8 Å². The summed E-state index contributed by atoms with van der Waals surface area (Å²) in [5.41, 5.74) is 0. The number of amides is 1. The van der Waals surface area contributed by atoms with E-state index in [4.69, 9.17) is 18.9 Å². The van der Waals surface area contributed by atoms with Crippen molar-refractivity contribution in [1.29, 1.82) is 0 Å². The van der Waals surface area contributed by atoms with E-state index in [0.717, 1.165) is 0 Å². The lowest BCUT2D eigenvalue weighted by atomic mass is 10.6. The molecule has 1 N–H and O–H groups in total. The molecular weight excluding hydrogens is 250 g/mol. The van der Waals surface area contributed by atoms with Crippen LogP contribution in [-0.2, 0) is 23.7 Å². The Morgan fingerprint density at radius 3 is 1.95 bits per heavy atom. The highest BCUT2D eigenvalue weighted by Gasteiger charge is 1.92. The summed E-state index contributed by atoms with van der Waals surface area (Å²) in [6.07, 6.45) is 0.649. The van der Waals surface area contributed by atoms with Crippen molar-refractivity contribution in [1.82, 2.24) is 5.32 Å². The van der Waals surface area contributed by atoms with Gasteiger partial charge in [-0.3, -0.25) is 4.79 Å². The minimum Gasteiger partial charge on any atom is -0.377 e. The molecule has 19 heavy (non-hydrogen) atoms. The third kappa shape index (κ3) is 16.9. The maximum absolute atomic E-state index is 9.92. The zero-order valence-electron chi connectivity index (χ0n) is 11.5. The second-order valence-corrected chi connectivity index (χ2v) is 3.39. The van der Waals surface area contributed by atoms with Gasteiger partial charge in [-0.2, -0.15) is 0 Å². The van der Waals surface area contributed by atoms with Crippen LogP contribution in [0.25, 0.3) is 0 Å². The normalized spacial score (nSPS) is 9.74. The van der Waals surface area contributed by atoms with Crippen LogP contribution in [-0.4, -0.2) is 65.8 Å². The average Bonchev–Trinajstić information content (AvgIpc) is 2.43. The predicted molar refractivity (Wildman–Crippen MR) is 70.8 cm³/mol. The molecule has 0 rings (SSSR count). The third-order valence-corrected chi connectivity index (χ3v) is 1.94. The van der Waals surface area contributed by atoms with E-state index in [0.29, 0.717) is 65.8 Å². The largest absolute Gasteiger partial charge is 0.377 e. The summed E-state index contributed by atoms with van der Waals surface area (Å²) in [7, 11) is 0. The summed E-state index contributed by atoms with van der Waals surface area (Å²) >= 11 is 0. The Morgan fingerprint density at radius 1 is 0.895 bits per heavy atom. The Balaban J connectivity index is 2.94. The Bertz CT molecular complexity index is 249. The predicted octanol–water partition coefficient (Wildman–Crippen LogP) is -0.178. The van der Waals surface area contributed by atoms with Gasteiger partial charge >= 0.3 is 0 Å². The SMILES string of the molecule is CC#CCOCCOCCOCCOCCNC=O. The lowest BCUT2D eigenvalue weighted by molar-refractivity contribution is -0.109. The van der Waals surface area contributed by atoms with Gasteiger partial charge in [-0.1, -0.05) is 5.92 Å². The van der Waals surface area contributed by atoms with E-state index >= 15 is 0 Å². The van der Waals surface area contributed by atoms with Gasteiger partial charge in [0.2, 0.25) is 6.41 Å². The van der Waals surface area contributed by atoms with Gasteiger partial charge in [-0.15, -0.1) is 5.92 Å². The van der Waals surface area contributed by atoms with E-state index < -0.39 is 0 Å². The number of hydrogen-bond acceptors (Lipinski definition) is 5. The highest BCUT2D eigenvalue weighted by Crippen LogP contribution is 1.82. The molecule has 0 aliphatic carbocycles. The van der Waals surface area contributed by atoms with Crippen molar-refractivity contribution in [2.45, 2.75) is 6.92 Å². The van der Waals surface area contributed by atoms with Crippen LogP contribution in [0.2, 0.25) is 0 Å². The molecule has 0 radical (unpaired) electrons. The first-order valence-corrected chi connectivity index (χ1v) is 6.29. The first-order chi connectivity index (χ1) is 9.41. The minimum absolute atomic E-state index is 0.451. The zero-order valence-corrected chi connectivity index (χ0v) is 11.5. The van der Waals surface area contributed by atoms with E-state index in [9.17, 15) is 4.79 Å². The van der Waals surface area contributed by atoms with Crippen molar-refractivity contribution in [3.8, 4) is 11.8 Å². The second-order valence-electron chi connectivity index (χ2n) is 3.39. The van der Waals surface area contributed by atoms with Crippen LogP contribution < -0.4 is 5.32 Å². The minimum atomic E-state index is 0.451. The molecule has 0 saturated heterocycles. The summed E-state index contributed by atoms with van der Waals surface area (Å²) < 4.78 is 20.9. The van der Waals surface area contributed by atoms with Crippen molar-refractivity contribution in [3.63, 3.8) is 0 Å². The Hall–Kier alpha value is -1.13. The number of carbonyl (C=O) groups is 1. The van der Waals surface area contributed by atoms with Crippen LogP contribution in [0.15, 0.2) is 0 Å². The van der Waals surface area contributed by atoms with E-state index in [-0.39, 0.29) is 0 Å². The van der Waals surface area contributed by atoms with Crippen LogP contribution in [0.1, 0.15) is 6.92 Å². The summed E-state index contributed by atoms with van der Waals surface area (Å²) in [4.78, 5) is 9.92. The van der Waals surface area contributed by atoms with Crippen molar-refractivity contribution in [2.75, 3.05) is 59.4 Å². The molecule has 0 aliphatic heterocycles. The van der Waals surface area contributed by atoms with E-state index in [1.807, 2.05) is 0 Å². The number of ether oxygens (including phenoxy) is 4. The van der Waals surface area contributed by atoms with Crippen LogP contribution >= 0.6 is 0 Å². The van der Waals surface area contributed by atoms with E-state index in [1.54, 1.807) is 6.92 Å². The molecule has 6 heteroatoms. The molecule has 110 valence electrons. The summed E-state index contributed by atoms with van der Waals surface area (Å²) in [6.45, 7) is 6.44. The fraction of sp³-hybridized carbons (Fsp3) is 0.769. The molecule has 0 bridgehead atoms. The Kier molecular flexibility index (Phi) is 15.9. The highest BCUT2D eigenvalue weighted by molar-refractivity contribution is 5.45. The van der Waals surface area contributed by atoms with Crippen molar-refractivity contribution in [3.05, 3.63) is 0 Å². The molecule has 0 spiro atoms. The molecule has 0 unspecified atom stereocenters. The van der Waals surface area contributed by atoms with Gasteiger partial charge in [0.25, 0.3) is 0 Å². The summed E-state index contributed by atoms with van der Waals surface area (Å²) in [5, 5.41) is 2.51. The third-order valence-electron chi connectivity index (χ3n) is 1.94. The topological polar surface area (TPSA) is 66.0 Å². The summed E-state index contributed by atoms with van der Waals surface area (Å²) in [5.74, 6) is 5.55. The molecule has 0 saturated carbocycles. The molecule has 0 aliphatic rings. The molecule has 0 fully saturated rings. The van der Waals surface area contributed by atoms with Crippen molar-refractivity contribution in [2.24, 2.45) is 0 Å². The smallest absolute Gasteiger partial charge is 0.207 e. The Morgan fingerprint density at radius 2 is 1.42 bits per heavy atom.